The van der Waals surface area contributed by atoms with Gasteiger partial charge in [0, 0.05) is 18.8 Å². The number of aliphatic hydroxyl groups is 1. The van der Waals surface area contributed by atoms with E-state index in [1.165, 1.54) is 10.9 Å². The largest absolute Gasteiger partial charge is 0.380 e. The van der Waals surface area contributed by atoms with Crippen molar-refractivity contribution in [3.8, 4) is 0 Å². The second-order valence-electron chi connectivity index (χ2n) is 2.59. The highest BCUT2D eigenvalue weighted by Gasteiger charge is 2.17. The Bertz CT molecular complexity index is 379. The molecule has 0 amide bonds. The molecule has 0 saturated heterocycles. The average Bonchev–Trinajstić information content (AvgIpc) is 2.72. The zero-order chi connectivity index (χ0) is 9.26. The Morgan fingerprint density at radius 1 is 1.62 bits per heavy atom. The van der Waals surface area contributed by atoms with Gasteiger partial charge in [0.2, 0.25) is 0 Å². The van der Waals surface area contributed by atoms with E-state index in [0.717, 1.165) is 0 Å². The zero-order valence-corrected chi connectivity index (χ0v) is 6.92. The van der Waals surface area contributed by atoms with Gasteiger partial charge in [0.25, 0.3) is 0 Å². The first-order valence-corrected chi connectivity index (χ1v) is 3.68. The number of aromatic amines is 1. The Labute approximate surface area is 73.4 Å². The summed E-state index contributed by atoms with van der Waals surface area (Å²) in [5.41, 5.74) is 0.637. The van der Waals surface area contributed by atoms with Crippen LogP contribution in [0, 0.1) is 0 Å². The fraction of sp³-hybridized carbons (Fsp3) is 0.333. The maximum absolute atomic E-state index is 9.73. The molecule has 0 saturated carbocycles. The summed E-state index contributed by atoms with van der Waals surface area (Å²) in [7, 11) is 1.67. The number of aryl methyl sites for hydroxylation is 1. The lowest BCUT2D eigenvalue weighted by Gasteiger charge is -2.04. The van der Waals surface area contributed by atoms with Crippen molar-refractivity contribution in [2.45, 2.75) is 6.10 Å². The van der Waals surface area contributed by atoms with E-state index >= 15 is 0 Å². The van der Waals surface area contributed by atoms with E-state index < -0.39 is 6.10 Å². The van der Waals surface area contributed by atoms with E-state index in [1.807, 2.05) is 0 Å². The molecule has 7 nitrogen and oxygen atoms in total. The summed E-state index contributed by atoms with van der Waals surface area (Å²) in [6.07, 6.45) is 2.29. The molecule has 0 aromatic carbocycles. The van der Waals surface area contributed by atoms with Crippen molar-refractivity contribution in [2.75, 3.05) is 0 Å². The number of hydrogen-bond acceptors (Lipinski definition) is 5. The first-order chi connectivity index (χ1) is 6.29. The molecule has 0 aliphatic carbocycles. The fourth-order valence-electron chi connectivity index (χ4n) is 1.03. The monoisotopic (exact) mass is 180 g/mol. The maximum Gasteiger partial charge on any atom is 0.184 e. The Kier molecular flexibility index (Phi) is 1.78. The standard InChI is InChI=1S/C6H8N6O/c1-12-6(9-10-11-12)5(13)4-2-7-8-3-4/h2-3,5,13H,1H3,(H,7,8). The van der Waals surface area contributed by atoms with Crippen molar-refractivity contribution in [1.82, 2.24) is 30.4 Å². The molecule has 0 fully saturated rings. The van der Waals surface area contributed by atoms with Gasteiger partial charge in [0.15, 0.2) is 5.82 Å². The van der Waals surface area contributed by atoms with Gasteiger partial charge in [-0.15, -0.1) is 5.10 Å². The molecule has 0 aliphatic rings. The quantitative estimate of drug-likeness (QED) is 0.619. The summed E-state index contributed by atoms with van der Waals surface area (Å²) in [5, 5.41) is 26.8. The van der Waals surface area contributed by atoms with Crippen LogP contribution in [0.25, 0.3) is 0 Å². The normalized spacial score (nSPS) is 13.1. The number of H-pyrrole nitrogens is 1. The van der Waals surface area contributed by atoms with Crippen LogP contribution >= 0.6 is 0 Å². The van der Waals surface area contributed by atoms with Gasteiger partial charge >= 0.3 is 0 Å². The molecule has 7 heteroatoms. The summed E-state index contributed by atoms with van der Waals surface area (Å²) in [5.74, 6) is 0.390. The van der Waals surface area contributed by atoms with Gasteiger partial charge in [-0.05, 0) is 10.4 Å². The third kappa shape index (κ3) is 1.29. The van der Waals surface area contributed by atoms with E-state index in [-0.39, 0.29) is 0 Å². The van der Waals surface area contributed by atoms with Gasteiger partial charge in [-0.25, -0.2) is 4.68 Å². The SMILES string of the molecule is Cn1nnnc1C(O)c1cn[nH]c1. The Balaban J connectivity index is 2.33. The lowest BCUT2D eigenvalue weighted by Crippen LogP contribution is -2.07. The smallest absolute Gasteiger partial charge is 0.184 e. The molecule has 2 rings (SSSR count). The van der Waals surface area contributed by atoms with Gasteiger partial charge in [-0.3, -0.25) is 5.10 Å². The van der Waals surface area contributed by atoms with Crippen LogP contribution in [0.3, 0.4) is 0 Å². The predicted molar refractivity (Wildman–Crippen MR) is 41.4 cm³/mol. The molecule has 0 bridgehead atoms. The molecule has 1 atom stereocenters. The number of aromatic nitrogens is 6. The van der Waals surface area contributed by atoms with Crippen LogP contribution in [0.2, 0.25) is 0 Å². The van der Waals surface area contributed by atoms with Gasteiger partial charge < -0.3 is 5.11 Å². The van der Waals surface area contributed by atoms with Crippen molar-refractivity contribution in [3.63, 3.8) is 0 Å². The van der Waals surface area contributed by atoms with Crippen LogP contribution in [0.5, 0.6) is 0 Å². The Morgan fingerprint density at radius 2 is 2.46 bits per heavy atom. The highest BCUT2D eigenvalue weighted by Crippen LogP contribution is 2.16. The Morgan fingerprint density at radius 3 is 3.00 bits per heavy atom. The molecular formula is C6H8N6O. The summed E-state index contributed by atoms with van der Waals surface area (Å²) >= 11 is 0. The summed E-state index contributed by atoms with van der Waals surface area (Å²) in [4.78, 5) is 0. The number of hydrogen-bond donors (Lipinski definition) is 2. The van der Waals surface area contributed by atoms with Crippen LogP contribution in [-0.4, -0.2) is 35.5 Å². The van der Waals surface area contributed by atoms with Crippen molar-refractivity contribution >= 4 is 0 Å². The maximum atomic E-state index is 9.73. The van der Waals surface area contributed by atoms with Crippen LogP contribution in [0.1, 0.15) is 17.5 Å². The van der Waals surface area contributed by atoms with E-state index in [4.69, 9.17) is 0 Å². The first kappa shape index (κ1) is 7.87. The molecule has 13 heavy (non-hydrogen) atoms. The van der Waals surface area contributed by atoms with Crippen molar-refractivity contribution in [2.24, 2.45) is 7.05 Å². The molecule has 0 spiro atoms. The van der Waals surface area contributed by atoms with Gasteiger partial charge in [-0.1, -0.05) is 0 Å². The van der Waals surface area contributed by atoms with Crippen molar-refractivity contribution < 1.29 is 5.11 Å². The number of tetrazole rings is 1. The molecule has 2 heterocycles. The lowest BCUT2D eigenvalue weighted by molar-refractivity contribution is 0.204. The second-order valence-corrected chi connectivity index (χ2v) is 2.59. The van der Waals surface area contributed by atoms with Gasteiger partial charge in [0.1, 0.15) is 6.10 Å². The molecule has 2 aromatic rings. The Hall–Kier alpha value is -1.76. The number of rotatable bonds is 2. The van der Waals surface area contributed by atoms with Crippen LogP contribution in [0.4, 0.5) is 0 Å². The molecule has 68 valence electrons. The third-order valence-electron chi connectivity index (χ3n) is 1.73. The van der Waals surface area contributed by atoms with Gasteiger partial charge in [-0.2, -0.15) is 5.10 Å². The highest BCUT2D eigenvalue weighted by molar-refractivity contribution is 5.14. The summed E-state index contributed by atoms with van der Waals surface area (Å²) in [6.45, 7) is 0. The summed E-state index contributed by atoms with van der Waals surface area (Å²) in [6, 6.07) is 0. The van der Waals surface area contributed by atoms with E-state index in [9.17, 15) is 5.11 Å². The van der Waals surface area contributed by atoms with Gasteiger partial charge in [0.05, 0.1) is 6.20 Å². The zero-order valence-electron chi connectivity index (χ0n) is 6.92. The van der Waals surface area contributed by atoms with Crippen molar-refractivity contribution in [3.05, 3.63) is 23.8 Å². The van der Waals surface area contributed by atoms with Crippen LogP contribution in [-0.2, 0) is 7.05 Å². The minimum Gasteiger partial charge on any atom is -0.380 e. The molecule has 0 aliphatic heterocycles. The van der Waals surface area contributed by atoms with E-state index in [2.05, 4.69) is 25.7 Å². The minimum atomic E-state index is -0.834. The third-order valence-corrected chi connectivity index (χ3v) is 1.73. The second kappa shape index (κ2) is 2.94. The molecule has 2 aromatic heterocycles. The van der Waals surface area contributed by atoms with E-state index in [1.54, 1.807) is 13.2 Å². The number of aliphatic hydroxyl groups excluding tert-OH is 1. The lowest BCUT2D eigenvalue weighted by atomic mass is 10.2. The number of nitrogens with zero attached hydrogens (tertiary/aromatic N) is 5. The van der Waals surface area contributed by atoms with Crippen LogP contribution in [0.15, 0.2) is 12.4 Å². The molecular weight excluding hydrogens is 172 g/mol. The topological polar surface area (TPSA) is 92.5 Å². The fourth-order valence-corrected chi connectivity index (χ4v) is 1.03. The molecule has 0 radical (unpaired) electrons. The summed E-state index contributed by atoms with van der Waals surface area (Å²) < 4.78 is 1.41. The highest BCUT2D eigenvalue weighted by atomic mass is 16.3. The molecule has 1 unspecified atom stereocenters. The van der Waals surface area contributed by atoms with Crippen LogP contribution < -0.4 is 0 Å². The minimum absolute atomic E-state index is 0.390. The first-order valence-electron chi connectivity index (χ1n) is 3.68. The average molecular weight is 180 g/mol. The van der Waals surface area contributed by atoms with Crippen molar-refractivity contribution in [1.29, 1.82) is 0 Å². The van der Waals surface area contributed by atoms with E-state index in [0.29, 0.717) is 11.4 Å². The molecule has 2 N–H and O–H groups in total. The number of nitrogens with one attached hydrogen (secondary N) is 1. The predicted octanol–water partition coefficient (Wildman–Crippen LogP) is -0.985.